The van der Waals surface area contributed by atoms with E-state index in [4.69, 9.17) is 6.42 Å². The summed E-state index contributed by atoms with van der Waals surface area (Å²) >= 11 is 0. The Morgan fingerprint density at radius 2 is 1.94 bits per heavy atom. The van der Waals surface area contributed by atoms with Gasteiger partial charge in [-0.25, -0.2) is 0 Å². The minimum absolute atomic E-state index is 0.0225. The van der Waals surface area contributed by atoms with E-state index in [1.165, 1.54) is 0 Å². The van der Waals surface area contributed by atoms with Gasteiger partial charge in [-0.15, -0.1) is 6.42 Å². The van der Waals surface area contributed by atoms with Gasteiger partial charge in [0.1, 0.15) is 0 Å². The van der Waals surface area contributed by atoms with Crippen molar-refractivity contribution in [2.24, 2.45) is 5.92 Å². The van der Waals surface area contributed by atoms with Crippen molar-refractivity contribution in [1.82, 2.24) is 5.32 Å². The first-order chi connectivity index (χ1) is 8.58. The van der Waals surface area contributed by atoms with Crippen LogP contribution in [0.5, 0.6) is 0 Å². The Labute approximate surface area is 110 Å². The molecule has 0 aliphatic heterocycles. The average molecular weight is 243 g/mol. The van der Waals surface area contributed by atoms with Gasteiger partial charge in [-0.1, -0.05) is 33.1 Å². The van der Waals surface area contributed by atoms with Gasteiger partial charge in [0.15, 0.2) is 0 Å². The Bertz CT molecular complexity index is 425. The summed E-state index contributed by atoms with van der Waals surface area (Å²) in [6.07, 6.45) is 7.36. The van der Waals surface area contributed by atoms with Gasteiger partial charge in [-0.2, -0.15) is 0 Å². The molecular formula is C16H21NO. The van der Waals surface area contributed by atoms with Gasteiger partial charge in [0.25, 0.3) is 5.91 Å². The Hall–Kier alpha value is -1.75. The molecule has 1 atom stereocenters. The molecule has 2 heteroatoms. The van der Waals surface area contributed by atoms with Gasteiger partial charge in [-0.05, 0) is 36.6 Å². The summed E-state index contributed by atoms with van der Waals surface area (Å²) in [5.41, 5.74) is 1.45. The molecular weight excluding hydrogens is 222 g/mol. The summed E-state index contributed by atoms with van der Waals surface area (Å²) in [6, 6.07) is 7.36. The second-order valence-corrected chi connectivity index (χ2v) is 4.83. The van der Waals surface area contributed by atoms with Crippen LogP contribution in [0.25, 0.3) is 0 Å². The minimum Gasteiger partial charge on any atom is -0.349 e. The lowest BCUT2D eigenvalue weighted by atomic mass is 9.99. The van der Waals surface area contributed by atoms with Gasteiger partial charge in [0.05, 0.1) is 0 Å². The molecule has 1 unspecified atom stereocenters. The van der Waals surface area contributed by atoms with Crippen molar-refractivity contribution in [1.29, 1.82) is 0 Å². The standard InChI is InChI=1S/C16H21NO/c1-5-7-15(12(3)4)17-16(18)14-10-8-13(6-2)9-11-14/h2,8-12,15H,5,7H2,1,3-4H3,(H,17,18). The molecule has 0 aliphatic rings. The molecule has 1 aromatic rings. The van der Waals surface area contributed by atoms with Gasteiger partial charge in [0.2, 0.25) is 0 Å². The number of carbonyl (C=O) groups is 1. The monoisotopic (exact) mass is 243 g/mol. The molecule has 0 saturated carbocycles. The molecule has 0 aliphatic carbocycles. The third-order valence-electron chi connectivity index (χ3n) is 3.03. The molecule has 0 fully saturated rings. The maximum atomic E-state index is 12.1. The smallest absolute Gasteiger partial charge is 0.251 e. The highest BCUT2D eigenvalue weighted by atomic mass is 16.1. The topological polar surface area (TPSA) is 29.1 Å². The van der Waals surface area contributed by atoms with Crippen LogP contribution in [-0.4, -0.2) is 11.9 Å². The zero-order valence-corrected chi connectivity index (χ0v) is 11.4. The van der Waals surface area contributed by atoms with Gasteiger partial charge in [-0.3, -0.25) is 4.79 Å². The summed E-state index contributed by atoms with van der Waals surface area (Å²) in [4.78, 5) is 12.1. The summed E-state index contributed by atoms with van der Waals surface area (Å²) in [5, 5.41) is 3.08. The first-order valence-corrected chi connectivity index (χ1v) is 6.46. The summed E-state index contributed by atoms with van der Waals surface area (Å²) in [6.45, 7) is 6.38. The quantitative estimate of drug-likeness (QED) is 0.790. The number of amides is 1. The molecule has 1 rings (SSSR count). The van der Waals surface area contributed by atoms with Crippen molar-refractivity contribution < 1.29 is 4.79 Å². The maximum Gasteiger partial charge on any atom is 0.251 e. The third kappa shape index (κ3) is 3.92. The maximum absolute atomic E-state index is 12.1. The van der Waals surface area contributed by atoms with Crippen molar-refractivity contribution in [2.45, 2.75) is 39.7 Å². The van der Waals surface area contributed by atoms with Crippen LogP contribution in [0.15, 0.2) is 24.3 Å². The normalized spacial score (nSPS) is 11.9. The van der Waals surface area contributed by atoms with Crippen LogP contribution in [0.3, 0.4) is 0 Å². The van der Waals surface area contributed by atoms with Crippen LogP contribution in [-0.2, 0) is 0 Å². The Morgan fingerprint density at radius 1 is 1.33 bits per heavy atom. The number of benzene rings is 1. The highest BCUT2D eigenvalue weighted by Gasteiger charge is 2.15. The molecule has 1 N–H and O–H groups in total. The molecule has 18 heavy (non-hydrogen) atoms. The minimum atomic E-state index is -0.0225. The SMILES string of the molecule is C#Cc1ccc(C(=O)NC(CCC)C(C)C)cc1. The van der Waals surface area contributed by atoms with E-state index in [2.05, 4.69) is 32.0 Å². The Kier molecular flexibility index (Phi) is 5.45. The van der Waals surface area contributed by atoms with Crippen molar-refractivity contribution in [3.63, 3.8) is 0 Å². The number of carbonyl (C=O) groups excluding carboxylic acids is 1. The van der Waals surface area contributed by atoms with Crippen LogP contribution >= 0.6 is 0 Å². The van der Waals surface area contributed by atoms with E-state index < -0.39 is 0 Å². The lowest BCUT2D eigenvalue weighted by molar-refractivity contribution is 0.0923. The number of hydrogen-bond acceptors (Lipinski definition) is 1. The van der Waals surface area contributed by atoms with E-state index in [-0.39, 0.29) is 11.9 Å². The molecule has 0 heterocycles. The second kappa shape index (κ2) is 6.86. The highest BCUT2D eigenvalue weighted by molar-refractivity contribution is 5.94. The fraction of sp³-hybridized carbons (Fsp3) is 0.438. The molecule has 0 spiro atoms. The van der Waals surface area contributed by atoms with Crippen molar-refractivity contribution in [3.8, 4) is 12.3 Å². The lowest BCUT2D eigenvalue weighted by Gasteiger charge is -2.21. The third-order valence-corrected chi connectivity index (χ3v) is 3.03. The second-order valence-electron chi connectivity index (χ2n) is 4.83. The van der Waals surface area contributed by atoms with E-state index >= 15 is 0 Å². The van der Waals surface area contributed by atoms with E-state index in [9.17, 15) is 4.79 Å². The average Bonchev–Trinajstić information content (AvgIpc) is 2.38. The van der Waals surface area contributed by atoms with Gasteiger partial charge < -0.3 is 5.32 Å². The van der Waals surface area contributed by atoms with Gasteiger partial charge >= 0.3 is 0 Å². The van der Waals surface area contributed by atoms with Crippen LogP contribution in [0, 0.1) is 18.3 Å². The van der Waals surface area contributed by atoms with Crippen molar-refractivity contribution in [2.75, 3.05) is 0 Å². The van der Waals surface area contributed by atoms with E-state index in [0.29, 0.717) is 11.5 Å². The van der Waals surface area contributed by atoms with E-state index in [1.54, 1.807) is 24.3 Å². The van der Waals surface area contributed by atoms with E-state index in [0.717, 1.165) is 18.4 Å². The number of nitrogens with one attached hydrogen (secondary N) is 1. The molecule has 0 bridgehead atoms. The fourth-order valence-corrected chi connectivity index (χ4v) is 1.85. The van der Waals surface area contributed by atoms with Crippen LogP contribution < -0.4 is 5.32 Å². The predicted octanol–water partition coefficient (Wildman–Crippen LogP) is 3.22. The molecule has 0 radical (unpaired) electrons. The van der Waals surface area contributed by atoms with Crippen LogP contribution in [0.2, 0.25) is 0 Å². The highest BCUT2D eigenvalue weighted by Crippen LogP contribution is 2.10. The number of hydrogen-bond donors (Lipinski definition) is 1. The van der Waals surface area contributed by atoms with Gasteiger partial charge in [0, 0.05) is 17.2 Å². The van der Waals surface area contributed by atoms with Crippen molar-refractivity contribution in [3.05, 3.63) is 35.4 Å². The summed E-state index contributed by atoms with van der Waals surface area (Å²) < 4.78 is 0. The zero-order chi connectivity index (χ0) is 13.5. The van der Waals surface area contributed by atoms with Crippen LogP contribution in [0.1, 0.15) is 49.5 Å². The van der Waals surface area contributed by atoms with E-state index in [1.807, 2.05) is 0 Å². The molecule has 0 saturated heterocycles. The Morgan fingerprint density at radius 3 is 2.39 bits per heavy atom. The lowest BCUT2D eigenvalue weighted by Crippen LogP contribution is -2.38. The summed E-state index contributed by atoms with van der Waals surface area (Å²) in [7, 11) is 0. The predicted molar refractivity (Wildman–Crippen MR) is 75.4 cm³/mol. The summed E-state index contributed by atoms with van der Waals surface area (Å²) in [5.74, 6) is 2.96. The largest absolute Gasteiger partial charge is 0.349 e. The first-order valence-electron chi connectivity index (χ1n) is 6.46. The molecule has 0 aromatic heterocycles. The molecule has 1 aromatic carbocycles. The van der Waals surface area contributed by atoms with Crippen molar-refractivity contribution >= 4 is 5.91 Å². The number of terminal acetylenes is 1. The Balaban J connectivity index is 2.71. The number of rotatable bonds is 5. The molecule has 96 valence electrons. The molecule has 1 amide bonds. The van der Waals surface area contributed by atoms with Crippen LogP contribution in [0.4, 0.5) is 0 Å². The molecule has 2 nitrogen and oxygen atoms in total. The first kappa shape index (κ1) is 14.3. The fourth-order valence-electron chi connectivity index (χ4n) is 1.85. The zero-order valence-electron chi connectivity index (χ0n) is 11.4.